The molecule has 1 aliphatic rings. The van der Waals surface area contributed by atoms with Gasteiger partial charge in [0, 0.05) is 43.1 Å². The molecule has 2 aromatic carbocycles. The third-order valence-corrected chi connectivity index (χ3v) is 4.94. The summed E-state index contributed by atoms with van der Waals surface area (Å²) in [5.74, 6) is 0.661. The molecular formula is C22H25N5O2. The smallest absolute Gasteiger partial charge is 0.221 e. The van der Waals surface area contributed by atoms with Crippen molar-refractivity contribution in [3.05, 3.63) is 54.1 Å². The van der Waals surface area contributed by atoms with E-state index in [0.29, 0.717) is 0 Å². The van der Waals surface area contributed by atoms with Crippen LogP contribution in [0.5, 0.6) is 0 Å². The van der Waals surface area contributed by atoms with E-state index in [9.17, 15) is 4.79 Å². The number of carbonyl (C=O) groups is 1. The van der Waals surface area contributed by atoms with Crippen molar-refractivity contribution in [3.8, 4) is 11.3 Å². The van der Waals surface area contributed by atoms with Gasteiger partial charge in [-0.1, -0.05) is 12.1 Å². The highest BCUT2D eigenvalue weighted by molar-refractivity contribution is 5.89. The summed E-state index contributed by atoms with van der Waals surface area (Å²) in [7, 11) is 0. The number of hydrogen-bond acceptors (Lipinski definition) is 5. The molecule has 7 nitrogen and oxygen atoms in total. The van der Waals surface area contributed by atoms with Gasteiger partial charge in [-0.05, 0) is 48.4 Å². The van der Waals surface area contributed by atoms with E-state index in [-0.39, 0.29) is 5.91 Å². The van der Waals surface area contributed by atoms with Crippen LogP contribution in [0, 0.1) is 6.92 Å². The lowest BCUT2D eigenvalue weighted by atomic mass is 10.1. The van der Waals surface area contributed by atoms with Crippen LogP contribution >= 0.6 is 0 Å². The van der Waals surface area contributed by atoms with Gasteiger partial charge in [0.05, 0.1) is 18.9 Å². The Morgan fingerprint density at radius 3 is 2.55 bits per heavy atom. The molecule has 0 spiro atoms. The Morgan fingerprint density at radius 2 is 1.86 bits per heavy atom. The molecule has 0 atom stereocenters. The molecule has 1 fully saturated rings. The summed E-state index contributed by atoms with van der Waals surface area (Å²) < 4.78 is 5.42. The van der Waals surface area contributed by atoms with Crippen molar-refractivity contribution in [2.24, 2.45) is 0 Å². The van der Waals surface area contributed by atoms with Gasteiger partial charge in [0.2, 0.25) is 5.91 Å². The molecule has 1 amide bonds. The topological polar surface area (TPSA) is 82.3 Å². The molecule has 0 unspecified atom stereocenters. The number of aromatic amines is 1. The molecule has 150 valence electrons. The van der Waals surface area contributed by atoms with E-state index in [1.807, 2.05) is 31.2 Å². The highest BCUT2D eigenvalue weighted by atomic mass is 16.5. The number of anilines is 4. The number of aryl methyl sites for hydroxylation is 1. The molecule has 3 aromatic rings. The second kappa shape index (κ2) is 8.36. The van der Waals surface area contributed by atoms with Crippen LogP contribution in [0.15, 0.2) is 48.5 Å². The Morgan fingerprint density at radius 1 is 1.10 bits per heavy atom. The van der Waals surface area contributed by atoms with Crippen molar-refractivity contribution in [2.75, 3.05) is 41.8 Å². The lowest BCUT2D eigenvalue weighted by Crippen LogP contribution is -2.36. The monoisotopic (exact) mass is 391 g/mol. The van der Waals surface area contributed by atoms with Crippen LogP contribution in [0.2, 0.25) is 0 Å². The minimum Gasteiger partial charge on any atom is -0.378 e. The molecule has 0 aliphatic carbocycles. The van der Waals surface area contributed by atoms with Gasteiger partial charge in [0.15, 0.2) is 5.82 Å². The number of aromatic nitrogens is 2. The van der Waals surface area contributed by atoms with Gasteiger partial charge in [0.1, 0.15) is 0 Å². The van der Waals surface area contributed by atoms with Crippen LogP contribution in [0.4, 0.5) is 22.9 Å². The van der Waals surface area contributed by atoms with Crippen LogP contribution in [0.1, 0.15) is 12.5 Å². The number of rotatable bonds is 5. The number of hydrogen-bond donors (Lipinski definition) is 3. The van der Waals surface area contributed by atoms with Crippen molar-refractivity contribution in [3.63, 3.8) is 0 Å². The second-order valence-electron chi connectivity index (χ2n) is 7.15. The number of nitrogens with zero attached hydrogens (tertiary/aromatic N) is 2. The zero-order valence-corrected chi connectivity index (χ0v) is 16.7. The Kier molecular flexibility index (Phi) is 5.48. The number of benzene rings is 2. The molecular weight excluding hydrogens is 366 g/mol. The molecule has 1 aliphatic heterocycles. The fourth-order valence-electron chi connectivity index (χ4n) is 3.43. The summed E-state index contributed by atoms with van der Waals surface area (Å²) in [5.41, 5.74) is 6.00. The van der Waals surface area contributed by atoms with Crippen molar-refractivity contribution in [2.45, 2.75) is 13.8 Å². The summed E-state index contributed by atoms with van der Waals surface area (Å²) in [4.78, 5) is 13.5. The molecule has 0 saturated carbocycles. The highest BCUT2D eigenvalue weighted by Gasteiger charge is 2.12. The van der Waals surface area contributed by atoms with E-state index in [0.717, 1.165) is 60.3 Å². The van der Waals surface area contributed by atoms with Crippen molar-refractivity contribution in [1.29, 1.82) is 0 Å². The largest absolute Gasteiger partial charge is 0.378 e. The first-order valence-electron chi connectivity index (χ1n) is 9.72. The third-order valence-electron chi connectivity index (χ3n) is 4.94. The molecule has 1 aromatic heterocycles. The molecule has 7 heteroatoms. The Balaban J connectivity index is 1.45. The standard InChI is InChI=1S/C22H25N5O2/c1-15-13-18(23-16(2)28)5-8-20(15)24-22-14-21(25-26-22)17-3-6-19(7-4-17)27-9-11-29-12-10-27/h3-8,13-14H,9-12H2,1-2H3,(H,23,28)(H2,24,25,26). The lowest BCUT2D eigenvalue weighted by molar-refractivity contribution is -0.114. The maximum atomic E-state index is 11.2. The zero-order chi connectivity index (χ0) is 20.2. The molecule has 4 rings (SSSR count). The van der Waals surface area contributed by atoms with Gasteiger partial charge < -0.3 is 20.3 Å². The molecule has 2 heterocycles. The lowest BCUT2D eigenvalue weighted by Gasteiger charge is -2.28. The fourth-order valence-corrected chi connectivity index (χ4v) is 3.43. The van der Waals surface area contributed by atoms with E-state index < -0.39 is 0 Å². The number of carbonyl (C=O) groups excluding carboxylic acids is 1. The number of amides is 1. The summed E-state index contributed by atoms with van der Waals surface area (Å²) in [6, 6.07) is 16.2. The quantitative estimate of drug-likeness (QED) is 0.614. The number of H-pyrrole nitrogens is 1. The average Bonchev–Trinajstić information content (AvgIpc) is 3.19. The van der Waals surface area contributed by atoms with Gasteiger partial charge in [0.25, 0.3) is 0 Å². The molecule has 0 bridgehead atoms. The first kappa shape index (κ1) is 19.0. The predicted octanol–water partition coefficient (Wildman–Crippen LogP) is 3.92. The maximum Gasteiger partial charge on any atom is 0.221 e. The third kappa shape index (κ3) is 4.57. The summed E-state index contributed by atoms with van der Waals surface area (Å²) in [6.45, 7) is 6.91. The summed E-state index contributed by atoms with van der Waals surface area (Å²) in [6.07, 6.45) is 0. The highest BCUT2D eigenvalue weighted by Crippen LogP contribution is 2.27. The minimum atomic E-state index is -0.0818. The van der Waals surface area contributed by atoms with Crippen LogP contribution < -0.4 is 15.5 Å². The predicted molar refractivity (Wildman–Crippen MR) is 116 cm³/mol. The van der Waals surface area contributed by atoms with Crippen LogP contribution in [0.3, 0.4) is 0 Å². The normalized spacial score (nSPS) is 13.9. The van der Waals surface area contributed by atoms with Crippen LogP contribution in [-0.2, 0) is 9.53 Å². The first-order chi connectivity index (χ1) is 14.1. The molecule has 0 radical (unpaired) electrons. The zero-order valence-electron chi connectivity index (χ0n) is 16.7. The Labute approximate surface area is 170 Å². The van der Waals surface area contributed by atoms with Gasteiger partial charge in [-0.2, -0.15) is 5.10 Å². The van der Waals surface area contributed by atoms with E-state index >= 15 is 0 Å². The second-order valence-corrected chi connectivity index (χ2v) is 7.15. The summed E-state index contributed by atoms with van der Waals surface area (Å²) >= 11 is 0. The Hall–Kier alpha value is -3.32. The number of nitrogens with one attached hydrogen (secondary N) is 3. The molecule has 3 N–H and O–H groups in total. The molecule has 1 saturated heterocycles. The van der Waals surface area contributed by atoms with Crippen molar-refractivity contribution < 1.29 is 9.53 Å². The van der Waals surface area contributed by atoms with Gasteiger partial charge in [-0.3, -0.25) is 9.89 Å². The van der Waals surface area contributed by atoms with E-state index in [2.05, 4.69) is 50.0 Å². The van der Waals surface area contributed by atoms with Gasteiger partial charge in [-0.15, -0.1) is 0 Å². The van der Waals surface area contributed by atoms with Crippen molar-refractivity contribution in [1.82, 2.24) is 10.2 Å². The van der Waals surface area contributed by atoms with Gasteiger partial charge >= 0.3 is 0 Å². The van der Waals surface area contributed by atoms with E-state index in [1.54, 1.807) is 0 Å². The number of ether oxygens (including phenoxy) is 1. The van der Waals surface area contributed by atoms with Gasteiger partial charge in [-0.25, -0.2) is 0 Å². The van der Waals surface area contributed by atoms with E-state index in [1.165, 1.54) is 12.6 Å². The van der Waals surface area contributed by atoms with Crippen molar-refractivity contribution >= 4 is 28.8 Å². The first-order valence-corrected chi connectivity index (χ1v) is 9.72. The summed E-state index contributed by atoms with van der Waals surface area (Å²) in [5, 5.41) is 13.6. The maximum absolute atomic E-state index is 11.2. The number of morpholine rings is 1. The Bertz CT molecular complexity index is 991. The van der Waals surface area contributed by atoms with E-state index in [4.69, 9.17) is 4.74 Å². The van der Waals surface area contributed by atoms with Crippen LogP contribution in [0.25, 0.3) is 11.3 Å². The average molecular weight is 391 g/mol. The SMILES string of the molecule is CC(=O)Nc1ccc(Nc2cc(-c3ccc(N4CCOCC4)cc3)[nH]n2)c(C)c1. The molecule has 29 heavy (non-hydrogen) atoms. The fraction of sp³-hybridized carbons (Fsp3) is 0.273. The van der Waals surface area contributed by atoms with Crippen LogP contribution in [-0.4, -0.2) is 42.4 Å². The minimum absolute atomic E-state index is 0.0818.